The molecule has 4 rings (SSSR count). The third-order valence-electron chi connectivity index (χ3n) is 4.72. The Morgan fingerprint density at radius 3 is 2.45 bits per heavy atom. The molecule has 0 N–H and O–H groups in total. The molecule has 1 aliphatic heterocycles. The highest BCUT2D eigenvalue weighted by Crippen LogP contribution is 2.23. The number of amides is 1. The van der Waals surface area contributed by atoms with Crippen molar-refractivity contribution >= 4 is 27.1 Å². The van der Waals surface area contributed by atoms with Crippen LogP contribution in [-0.2, 0) is 27.6 Å². The van der Waals surface area contributed by atoms with Gasteiger partial charge in [0.2, 0.25) is 5.91 Å². The quantitative estimate of drug-likeness (QED) is 0.606. The van der Waals surface area contributed by atoms with Gasteiger partial charge < -0.3 is 4.90 Å². The summed E-state index contributed by atoms with van der Waals surface area (Å²) in [5.41, 5.74) is 2.79. The Morgan fingerprint density at radius 2 is 1.83 bits per heavy atom. The second kappa shape index (κ2) is 8.26. The molecule has 6 nitrogen and oxygen atoms in total. The number of rotatable bonds is 6. The third kappa shape index (κ3) is 4.78. The number of hydrogen-bond donors (Lipinski definition) is 0. The molecule has 0 radical (unpaired) electrons. The molecule has 3 heterocycles. The summed E-state index contributed by atoms with van der Waals surface area (Å²) in [6.45, 7) is 0.336. The standard InChI is InChI=1S/C21H19N3O3S2/c25-20(13-16-1-3-18(4-2-16)21-23-10-11-28-21)24(14-17-5-8-22-9-6-17)19-7-12-29(26,27)15-19/h1-12,19H,13-15H2. The molecule has 1 amide bonds. The topological polar surface area (TPSA) is 80.2 Å². The van der Waals surface area contributed by atoms with Crippen molar-refractivity contribution in [2.75, 3.05) is 5.75 Å². The maximum absolute atomic E-state index is 13.1. The molecule has 0 saturated heterocycles. The molecular weight excluding hydrogens is 406 g/mol. The smallest absolute Gasteiger partial charge is 0.227 e. The van der Waals surface area contributed by atoms with Crippen molar-refractivity contribution in [1.82, 2.24) is 14.9 Å². The van der Waals surface area contributed by atoms with Crippen LogP contribution >= 0.6 is 11.3 Å². The summed E-state index contributed by atoms with van der Waals surface area (Å²) in [6, 6.07) is 10.9. The van der Waals surface area contributed by atoms with Crippen molar-refractivity contribution in [2.45, 2.75) is 19.0 Å². The lowest BCUT2D eigenvalue weighted by Gasteiger charge is -2.28. The molecule has 2 aromatic heterocycles. The van der Waals surface area contributed by atoms with Gasteiger partial charge in [0.25, 0.3) is 0 Å². The number of thiazole rings is 1. The Kier molecular flexibility index (Phi) is 5.55. The first-order valence-corrected chi connectivity index (χ1v) is 11.7. The number of aromatic nitrogens is 2. The van der Waals surface area contributed by atoms with Crippen molar-refractivity contribution in [3.63, 3.8) is 0 Å². The van der Waals surface area contributed by atoms with E-state index in [9.17, 15) is 13.2 Å². The number of hydrogen-bond acceptors (Lipinski definition) is 6. The molecule has 8 heteroatoms. The number of carbonyl (C=O) groups excluding carboxylic acids is 1. The van der Waals surface area contributed by atoms with Crippen molar-refractivity contribution in [3.05, 3.63) is 83.0 Å². The zero-order chi connectivity index (χ0) is 20.3. The molecule has 1 aliphatic rings. The van der Waals surface area contributed by atoms with Crippen LogP contribution in [0.1, 0.15) is 11.1 Å². The summed E-state index contributed by atoms with van der Waals surface area (Å²) >= 11 is 1.56. The van der Waals surface area contributed by atoms with Gasteiger partial charge in [-0.3, -0.25) is 9.78 Å². The summed E-state index contributed by atoms with van der Waals surface area (Å²) in [6.07, 6.45) is 6.89. The zero-order valence-corrected chi connectivity index (χ0v) is 17.1. The van der Waals surface area contributed by atoms with Crippen LogP contribution in [0.2, 0.25) is 0 Å². The molecule has 0 spiro atoms. The zero-order valence-electron chi connectivity index (χ0n) is 15.5. The van der Waals surface area contributed by atoms with Crippen LogP contribution in [0.4, 0.5) is 0 Å². The number of sulfone groups is 1. The molecule has 148 valence electrons. The summed E-state index contributed by atoms with van der Waals surface area (Å²) in [5.74, 6) is -0.192. The van der Waals surface area contributed by atoms with E-state index >= 15 is 0 Å². The molecule has 3 aromatic rings. The monoisotopic (exact) mass is 425 g/mol. The van der Waals surface area contributed by atoms with E-state index in [4.69, 9.17) is 0 Å². The van der Waals surface area contributed by atoms with Gasteiger partial charge in [0.15, 0.2) is 9.84 Å². The fraction of sp³-hybridized carbons (Fsp3) is 0.190. The number of carbonyl (C=O) groups is 1. The molecule has 1 aromatic carbocycles. The largest absolute Gasteiger partial charge is 0.331 e. The van der Waals surface area contributed by atoms with Gasteiger partial charge in [-0.2, -0.15) is 0 Å². The van der Waals surface area contributed by atoms with E-state index in [-0.39, 0.29) is 18.1 Å². The lowest BCUT2D eigenvalue weighted by molar-refractivity contribution is -0.132. The second-order valence-electron chi connectivity index (χ2n) is 6.81. The van der Waals surface area contributed by atoms with Crippen molar-refractivity contribution in [2.24, 2.45) is 0 Å². The van der Waals surface area contributed by atoms with Crippen LogP contribution in [0.15, 0.2) is 71.9 Å². The van der Waals surface area contributed by atoms with Gasteiger partial charge in [-0.05, 0) is 29.3 Å². The van der Waals surface area contributed by atoms with Gasteiger partial charge in [0, 0.05) is 41.5 Å². The highest BCUT2D eigenvalue weighted by atomic mass is 32.2. The number of pyridine rings is 1. The molecule has 1 unspecified atom stereocenters. The fourth-order valence-electron chi connectivity index (χ4n) is 3.24. The minimum atomic E-state index is -3.26. The van der Waals surface area contributed by atoms with E-state index in [0.717, 1.165) is 21.7 Å². The van der Waals surface area contributed by atoms with Gasteiger partial charge in [-0.15, -0.1) is 11.3 Å². The average molecular weight is 426 g/mol. The van der Waals surface area contributed by atoms with Crippen molar-refractivity contribution in [3.8, 4) is 10.6 Å². The Morgan fingerprint density at radius 1 is 1.07 bits per heavy atom. The van der Waals surface area contributed by atoms with E-state index in [1.54, 1.807) is 40.9 Å². The lowest BCUT2D eigenvalue weighted by atomic mass is 10.1. The predicted molar refractivity (Wildman–Crippen MR) is 113 cm³/mol. The molecule has 1 atom stereocenters. The second-order valence-corrected chi connectivity index (χ2v) is 9.64. The summed E-state index contributed by atoms with van der Waals surface area (Å²) in [7, 11) is -3.26. The van der Waals surface area contributed by atoms with Gasteiger partial charge in [-0.25, -0.2) is 13.4 Å². The fourth-order valence-corrected chi connectivity index (χ4v) is 5.18. The van der Waals surface area contributed by atoms with Crippen LogP contribution in [0.5, 0.6) is 0 Å². The number of benzene rings is 1. The van der Waals surface area contributed by atoms with E-state index in [0.29, 0.717) is 6.54 Å². The molecule has 0 aliphatic carbocycles. The Labute approximate surface area is 173 Å². The Hall–Kier alpha value is -2.84. The SMILES string of the molecule is O=C(Cc1ccc(-c2nccs2)cc1)N(Cc1ccncc1)C1C=CS(=O)(=O)C1. The van der Waals surface area contributed by atoms with E-state index in [1.807, 2.05) is 41.8 Å². The highest BCUT2D eigenvalue weighted by molar-refractivity contribution is 7.94. The van der Waals surface area contributed by atoms with E-state index < -0.39 is 15.9 Å². The van der Waals surface area contributed by atoms with E-state index in [2.05, 4.69) is 9.97 Å². The molecule has 29 heavy (non-hydrogen) atoms. The molecule has 0 fully saturated rings. The molecular formula is C21H19N3O3S2. The summed E-state index contributed by atoms with van der Waals surface area (Å²) in [5, 5.41) is 4.06. The maximum Gasteiger partial charge on any atom is 0.227 e. The minimum Gasteiger partial charge on any atom is -0.331 e. The van der Waals surface area contributed by atoms with Crippen LogP contribution < -0.4 is 0 Å². The van der Waals surface area contributed by atoms with E-state index in [1.165, 1.54) is 5.41 Å². The highest BCUT2D eigenvalue weighted by Gasteiger charge is 2.30. The normalized spacial score (nSPS) is 17.3. The maximum atomic E-state index is 13.1. The summed E-state index contributed by atoms with van der Waals surface area (Å²) in [4.78, 5) is 23.0. The average Bonchev–Trinajstić information content (AvgIpc) is 3.37. The number of nitrogens with zero attached hydrogens (tertiary/aromatic N) is 3. The van der Waals surface area contributed by atoms with Gasteiger partial charge in [0.05, 0.1) is 18.2 Å². The summed E-state index contributed by atoms with van der Waals surface area (Å²) < 4.78 is 23.8. The molecule has 0 saturated carbocycles. The lowest BCUT2D eigenvalue weighted by Crippen LogP contribution is -2.41. The van der Waals surface area contributed by atoms with Gasteiger partial charge in [-0.1, -0.05) is 24.3 Å². The van der Waals surface area contributed by atoms with Crippen LogP contribution in [0.25, 0.3) is 10.6 Å². The van der Waals surface area contributed by atoms with Crippen LogP contribution in [0.3, 0.4) is 0 Å². The third-order valence-corrected chi connectivity index (χ3v) is 6.92. The van der Waals surface area contributed by atoms with Gasteiger partial charge >= 0.3 is 0 Å². The minimum absolute atomic E-state index is 0.0766. The van der Waals surface area contributed by atoms with Crippen LogP contribution in [0, 0.1) is 0 Å². The first-order chi connectivity index (χ1) is 14.0. The Bertz CT molecular complexity index is 1110. The van der Waals surface area contributed by atoms with Crippen LogP contribution in [-0.4, -0.2) is 41.0 Å². The first-order valence-electron chi connectivity index (χ1n) is 9.08. The van der Waals surface area contributed by atoms with Crippen molar-refractivity contribution in [1.29, 1.82) is 0 Å². The predicted octanol–water partition coefficient (Wildman–Crippen LogP) is 3.09. The first kappa shape index (κ1) is 19.5. The van der Waals surface area contributed by atoms with Crippen molar-refractivity contribution < 1.29 is 13.2 Å². The van der Waals surface area contributed by atoms with Gasteiger partial charge in [0.1, 0.15) is 5.01 Å². The Balaban J connectivity index is 1.52. The molecule has 0 bridgehead atoms.